The van der Waals surface area contributed by atoms with E-state index in [9.17, 15) is 14.7 Å². The average Bonchev–Trinajstić information content (AvgIpc) is 2.64. The maximum absolute atomic E-state index is 12.7. The fraction of sp³-hybridized carbons (Fsp3) is 0.500. The number of aliphatic carboxylic acids is 1. The molecule has 1 aromatic rings. The van der Waals surface area contributed by atoms with Crippen molar-refractivity contribution in [3.8, 4) is 0 Å². The van der Waals surface area contributed by atoms with Gasteiger partial charge in [0.1, 0.15) is 0 Å². The Morgan fingerprint density at radius 3 is 2.19 bits per heavy atom. The van der Waals surface area contributed by atoms with Gasteiger partial charge in [0.2, 0.25) is 5.91 Å². The number of rotatable bonds is 4. The molecule has 1 heterocycles. The molecular formula is C20H26N2O4. The van der Waals surface area contributed by atoms with E-state index in [1.165, 1.54) is 0 Å². The molecule has 2 N–H and O–H groups in total. The van der Waals surface area contributed by atoms with Crippen LogP contribution in [-0.4, -0.2) is 43.3 Å². The van der Waals surface area contributed by atoms with Crippen LogP contribution in [-0.2, 0) is 14.3 Å². The van der Waals surface area contributed by atoms with Gasteiger partial charge >= 0.3 is 5.97 Å². The molecule has 1 aromatic carbocycles. The molecule has 1 aliphatic heterocycles. The zero-order valence-electron chi connectivity index (χ0n) is 15.3. The number of amides is 1. The highest BCUT2D eigenvalue weighted by molar-refractivity contribution is 5.95. The molecule has 0 unspecified atom stereocenters. The minimum atomic E-state index is -0.903. The zero-order chi connectivity index (χ0) is 18.7. The van der Waals surface area contributed by atoms with Crippen LogP contribution in [0.15, 0.2) is 35.4 Å². The van der Waals surface area contributed by atoms with Crippen LogP contribution in [0.1, 0.15) is 26.7 Å². The Morgan fingerprint density at radius 1 is 1.04 bits per heavy atom. The summed E-state index contributed by atoms with van der Waals surface area (Å²) >= 11 is 0. The average molecular weight is 358 g/mol. The normalized spacial score (nSPS) is 23.7. The summed E-state index contributed by atoms with van der Waals surface area (Å²) < 4.78 is 5.36. The first kappa shape index (κ1) is 18.5. The fourth-order valence-electron chi connectivity index (χ4n) is 3.64. The third-order valence-electron chi connectivity index (χ3n) is 5.43. The number of anilines is 2. The fourth-order valence-corrected chi connectivity index (χ4v) is 3.64. The lowest BCUT2D eigenvalue weighted by Gasteiger charge is -2.30. The van der Waals surface area contributed by atoms with Crippen molar-refractivity contribution >= 4 is 23.3 Å². The standard InChI is InChI=1S/C20H26N2O4/c1-13-11-17(18(20(24)25)12-14(13)2)19(23)21-15-3-5-16(6-4-15)22-7-9-26-10-8-22/h3-6,17-18H,7-12H2,1-2H3,(H,21,23)(H,24,25)/t17-,18+/m1/s1. The highest BCUT2D eigenvalue weighted by Crippen LogP contribution is 2.35. The van der Waals surface area contributed by atoms with Gasteiger partial charge in [-0.2, -0.15) is 0 Å². The molecular weight excluding hydrogens is 332 g/mol. The maximum Gasteiger partial charge on any atom is 0.307 e. The molecule has 0 spiro atoms. The molecule has 1 amide bonds. The topological polar surface area (TPSA) is 78.9 Å². The Balaban J connectivity index is 1.67. The van der Waals surface area contributed by atoms with E-state index in [1.54, 1.807) is 0 Å². The lowest BCUT2D eigenvalue weighted by molar-refractivity contribution is -0.146. The summed E-state index contributed by atoms with van der Waals surface area (Å²) in [4.78, 5) is 26.5. The van der Waals surface area contributed by atoms with Crippen molar-refractivity contribution in [3.63, 3.8) is 0 Å². The molecule has 0 aromatic heterocycles. The summed E-state index contributed by atoms with van der Waals surface area (Å²) in [5.74, 6) is -2.32. The van der Waals surface area contributed by atoms with Crippen molar-refractivity contribution in [1.29, 1.82) is 0 Å². The van der Waals surface area contributed by atoms with Gasteiger partial charge in [-0.05, 0) is 51.0 Å². The van der Waals surface area contributed by atoms with Gasteiger partial charge in [0.15, 0.2) is 0 Å². The first-order valence-corrected chi connectivity index (χ1v) is 9.07. The number of carboxylic acid groups (broad SMARTS) is 1. The number of nitrogens with zero attached hydrogens (tertiary/aromatic N) is 1. The van der Waals surface area contributed by atoms with E-state index in [1.807, 2.05) is 38.1 Å². The molecule has 3 rings (SSSR count). The summed E-state index contributed by atoms with van der Waals surface area (Å²) in [6.45, 7) is 7.10. The van der Waals surface area contributed by atoms with Crippen molar-refractivity contribution in [1.82, 2.24) is 0 Å². The van der Waals surface area contributed by atoms with Crippen molar-refractivity contribution in [3.05, 3.63) is 35.4 Å². The first-order valence-electron chi connectivity index (χ1n) is 9.07. The molecule has 1 saturated heterocycles. The second-order valence-corrected chi connectivity index (χ2v) is 7.16. The van der Waals surface area contributed by atoms with Gasteiger partial charge in [-0.25, -0.2) is 0 Å². The predicted octanol–water partition coefficient (Wildman–Crippen LogP) is 2.91. The Kier molecular flexibility index (Phi) is 5.61. The molecule has 140 valence electrons. The van der Waals surface area contributed by atoms with Gasteiger partial charge in [-0.1, -0.05) is 11.1 Å². The minimum absolute atomic E-state index is 0.219. The van der Waals surface area contributed by atoms with Crippen LogP contribution < -0.4 is 10.2 Å². The van der Waals surface area contributed by atoms with Gasteiger partial charge in [0.25, 0.3) is 0 Å². The molecule has 6 heteroatoms. The maximum atomic E-state index is 12.7. The number of carbonyl (C=O) groups is 2. The number of morpholine rings is 1. The van der Waals surface area contributed by atoms with E-state index in [2.05, 4.69) is 10.2 Å². The molecule has 26 heavy (non-hydrogen) atoms. The molecule has 6 nitrogen and oxygen atoms in total. The smallest absolute Gasteiger partial charge is 0.307 e. The first-order chi connectivity index (χ1) is 12.5. The summed E-state index contributed by atoms with van der Waals surface area (Å²) in [5.41, 5.74) is 3.99. The van der Waals surface area contributed by atoms with Crippen molar-refractivity contribution in [2.24, 2.45) is 11.8 Å². The highest BCUT2D eigenvalue weighted by Gasteiger charge is 2.37. The summed E-state index contributed by atoms with van der Waals surface area (Å²) in [6.07, 6.45) is 0.940. The molecule has 1 fully saturated rings. The van der Waals surface area contributed by atoms with E-state index in [0.717, 1.165) is 43.1 Å². The summed E-state index contributed by atoms with van der Waals surface area (Å²) in [6, 6.07) is 7.70. The van der Waals surface area contributed by atoms with E-state index in [-0.39, 0.29) is 5.91 Å². The molecule has 0 radical (unpaired) electrons. The number of hydrogen-bond acceptors (Lipinski definition) is 4. The molecule has 2 aliphatic rings. The Hall–Kier alpha value is -2.34. The van der Waals surface area contributed by atoms with Gasteiger partial charge in [0, 0.05) is 24.5 Å². The molecule has 0 bridgehead atoms. The van der Waals surface area contributed by atoms with E-state index in [4.69, 9.17) is 4.74 Å². The van der Waals surface area contributed by atoms with Gasteiger partial charge in [-0.15, -0.1) is 0 Å². The number of allylic oxidation sites excluding steroid dienone is 2. The van der Waals surface area contributed by atoms with Crippen LogP contribution in [0, 0.1) is 11.8 Å². The van der Waals surface area contributed by atoms with Crippen LogP contribution in [0.2, 0.25) is 0 Å². The van der Waals surface area contributed by atoms with Crippen molar-refractivity contribution in [2.45, 2.75) is 26.7 Å². The van der Waals surface area contributed by atoms with Crippen molar-refractivity contribution < 1.29 is 19.4 Å². The zero-order valence-corrected chi connectivity index (χ0v) is 15.3. The lowest BCUT2D eigenvalue weighted by atomic mass is 9.76. The van der Waals surface area contributed by atoms with Crippen LogP contribution in [0.5, 0.6) is 0 Å². The van der Waals surface area contributed by atoms with Crippen LogP contribution in [0.4, 0.5) is 11.4 Å². The third kappa shape index (κ3) is 4.07. The monoisotopic (exact) mass is 358 g/mol. The summed E-state index contributed by atoms with van der Waals surface area (Å²) in [7, 11) is 0. The third-order valence-corrected chi connectivity index (χ3v) is 5.43. The molecule has 1 aliphatic carbocycles. The highest BCUT2D eigenvalue weighted by atomic mass is 16.5. The molecule has 0 saturated carbocycles. The van der Waals surface area contributed by atoms with Gasteiger partial charge < -0.3 is 20.1 Å². The lowest BCUT2D eigenvalue weighted by Crippen LogP contribution is -2.36. The number of nitrogens with one attached hydrogen (secondary N) is 1. The van der Waals surface area contributed by atoms with Crippen LogP contribution in [0.25, 0.3) is 0 Å². The largest absolute Gasteiger partial charge is 0.481 e. The number of ether oxygens (including phenoxy) is 1. The van der Waals surface area contributed by atoms with Crippen molar-refractivity contribution in [2.75, 3.05) is 36.5 Å². The summed E-state index contributed by atoms with van der Waals surface area (Å²) in [5, 5.41) is 12.4. The minimum Gasteiger partial charge on any atom is -0.481 e. The quantitative estimate of drug-likeness (QED) is 0.809. The Bertz CT molecular complexity index is 705. The second kappa shape index (κ2) is 7.91. The van der Waals surface area contributed by atoms with Crippen LogP contribution >= 0.6 is 0 Å². The second-order valence-electron chi connectivity index (χ2n) is 7.16. The predicted molar refractivity (Wildman–Crippen MR) is 100 cm³/mol. The Labute approximate surface area is 153 Å². The number of benzene rings is 1. The van der Waals surface area contributed by atoms with Gasteiger partial charge in [0.05, 0.1) is 25.0 Å². The number of carbonyl (C=O) groups excluding carboxylic acids is 1. The van der Waals surface area contributed by atoms with E-state index >= 15 is 0 Å². The van der Waals surface area contributed by atoms with Gasteiger partial charge in [-0.3, -0.25) is 9.59 Å². The Morgan fingerprint density at radius 2 is 1.62 bits per heavy atom. The van der Waals surface area contributed by atoms with E-state index in [0.29, 0.717) is 18.5 Å². The number of hydrogen-bond donors (Lipinski definition) is 2. The number of carboxylic acids is 1. The molecule has 2 atom stereocenters. The van der Waals surface area contributed by atoms with Crippen LogP contribution in [0.3, 0.4) is 0 Å². The SMILES string of the molecule is CC1=C(C)C[C@@H](C(=O)Nc2ccc(N3CCOCC3)cc2)[C@@H](C(=O)O)C1. The van der Waals surface area contributed by atoms with E-state index < -0.39 is 17.8 Å².